The van der Waals surface area contributed by atoms with Crippen molar-refractivity contribution in [1.82, 2.24) is 0 Å². The van der Waals surface area contributed by atoms with Crippen molar-refractivity contribution in [3.05, 3.63) is 11.6 Å². The summed E-state index contributed by atoms with van der Waals surface area (Å²) in [6, 6.07) is 0. The minimum absolute atomic E-state index is 0.0795. The van der Waals surface area contributed by atoms with Crippen LogP contribution in [0.1, 0.15) is 65.7 Å². The van der Waals surface area contributed by atoms with Gasteiger partial charge in [0.2, 0.25) is 0 Å². The lowest BCUT2D eigenvalue weighted by Gasteiger charge is -2.58. The van der Waals surface area contributed by atoms with E-state index < -0.39 is 0 Å². The Balaban J connectivity index is 1.75. The minimum atomic E-state index is -0.300. The van der Waals surface area contributed by atoms with Crippen molar-refractivity contribution in [1.29, 1.82) is 0 Å². The molecule has 0 aromatic carbocycles. The maximum Gasteiger partial charge on any atom is 0.303 e. The number of esters is 1. The number of carbonyl (C=O) groups is 3. The van der Waals surface area contributed by atoms with E-state index in [-0.39, 0.29) is 28.7 Å². The molecular weight excluding hydrogens is 316 g/mol. The molecule has 0 N–H and O–H groups in total. The minimum Gasteiger partial charge on any atom is -0.458 e. The second-order valence-corrected chi connectivity index (χ2v) is 9.11. The average molecular weight is 344 g/mol. The number of carbonyl (C=O) groups excluding carboxylic acids is 3. The third-order valence-electron chi connectivity index (χ3n) is 7.97. The van der Waals surface area contributed by atoms with Gasteiger partial charge in [-0.05, 0) is 66.9 Å². The molecule has 6 atom stereocenters. The second kappa shape index (κ2) is 5.52. The van der Waals surface area contributed by atoms with Crippen LogP contribution >= 0.6 is 0 Å². The molecule has 3 saturated carbocycles. The Morgan fingerprint density at radius 1 is 1.08 bits per heavy atom. The number of hydrogen-bond donors (Lipinski definition) is 0. The molecule has 0 radical (unpaired) electrons. The largest absolute Gasteiger partial charge is 0.458 e. The quantitative estimate of drug-likeness (QED) is 0.682. The molecule has 4 rings (SSSR count). The monoisotopic (exact) mass is 344 g/mol. The van der Waals surface area contributed by atoms with Crippen molar-refractivity contribution in [3.8, 4) is 0 Å². The van der Waals surface area contributed by atoms with Crippen molar-refractivity contribution in [2.75, 3.05) is 0 Å². The third kappa shape index (κ3) is 2.36. The van der Waals surface area contributed by atoms with Gasteiger partial charge in [0.15, 0.2) is 5.78 Å². The van der Waals surface area contributed by atoms with Gasteiger partial charge in [-0.15, -0.1) is 0 Å². The zero-order valence-electron chi connectivity index (χ0n) is 15.5. The molecule has 4 aliphatic rings. The number of hydrogen-bond acceptors (Lipinski definition) is 4. The van der Waals surface area contributed by atoms with Crippen LogP contribution in [0, 0.1) is 28.6 Å². The standard InChI is InChI=1S/C21H28O4/c1-12(22)25-18-11-14-15-4-5-19(24)21(15,3)9-7-16(14)20(2)8-6-13(23)10-17(18)20/h10,14-16,18H,4-9,11H2,1-3H3/t14-,15+,16+,18+,20-,21-/m1/s1. The van der Waals surface area contributed by atoms with Gasteiger partial charge in [0.1, 0.15) is 11.9 Å². The number of ketones is 2. The number of Topliss-reactive ketones (excluding diaryl/α,β-unsaturated/α-hetero) is 1. The number of rotatable bonds is 1. The van der Waals surface area contributed by atoms with E-state index in [1.807, 2.05) is 0 Å². The third-order valence-corrected chi connectivity index (χ3v) is 7.97. The van der Waals surface area contributed by atoms with E-state index in [2.05, 4.69) is 13.8 Å². The van der Waals surface area contributed by atoms with Crippen molar-refractivity contribution >= 4 is 17.5 Å². The predicted molar refractivity (Wildman–Crippen MR) is 92.7 cm³/mol. The fourth-order valence-corrected chi connectivity index (χ4v) is 6.66. The zero-order valence-corrected chi connectivity index (χ0v) is 15.5. The summed E-state index contributed by atoms with van der Waals surface area (Å²) in [5.74, 6) is 1.58. The van der Waals surface area contributed by atoms with Crippen molar-refractivity contribution in [2.45, 2.75) is 71.8 Å². The van der Waals surface area contributed by atoms with Gasteiger partial charge in [-0.3, -0.25) is 14.4 Å². The van der Waals surface area contributed by atoms with E-state index in [0.717, 1.165) is 37.7 Å². The van der Waals surface area contributed by atoms with Crippen LogP contribution in [0.15, 0.2) is 11.6 Å². The van der Waals surface area contributed by atoms with Crippen LogP contribution < -0.4 is 0 Å². The first kappa shape index (κ1) is 17.0. The first-order chi connectivity index (χ1) is 11.8. The highest BCUT2D eigenvalue weighted by Crippen LogP contribution is 2.64. The summed E-state index contributed by atoms with van der Waals surface area (Å²) >= 11 is 0. The van der Waals surface area contributed by atoms with Crippen LogP contribution in [0.5, 0.6) is 0 Å². The molecule has 0 aliphatic heterocycles. The molecule has 4 aliphatic carbocycles. The summed E-state index contributed by atoms with van der Waals surface area (Å²) in [7, 11) is 0. The molecule has 0 spiro atoms. The van der Waals surface area contributed by atoms with Gasteiger partial charge < -0.3 is 4.74 Å². The van der Waals surface area contributed by atoms with E-state index in [9.17, 15) is 14.4 Å². The van der Waals surface area contributed by atoms with E-state index >= 15 is 0 Å². The van der Waals surface area contributed by atoms with Crippen molar-refractivity contribution in [2.24, 2.45) is 28.6 Å². The normalized spacial score (nSPS) is 46.0. The maximum atomic E-state index is 12.5. The highest BCUT2D eigenvalue weighted by molar-refractivity contribution is 5.92. The number of fused-ring (bicyclic) bond motifs is 5. The smallest absolute Gasteiger partial charge is 0.303 e. The summed E-state index contributed by atoms with van der Waals surface area (Å²) in [4.78, 5) is 36.3. The Morgan fingerprint density at radius 3 is 2.52 bits per heavy atom. The molecule has 136 valence electrons. The lowest BCUT2D eigenvalue weighted by molar-refractivity contribution is -0.154. The molecule has 3 fully saturated rings. The van der Waals surface area contributed by atoms with Crippen molar-refractivity contribution in [3.63, 3.8) is 0 Å². The van der Waals surface area contributed by atoms with Gasteiger partial charge in [-0.2, -0.15) is 0 Å². The lowest BCUT2D eigenvalue weighted by atomic mass is 9.47. The Kier molecular flexibility index (Phi) is 3.75. The van der Waals surface area contributed by atoms with Gasteiger partial charge in [-0.25, -0.2) is 0 Å². The van der Waals surface area contributed by atoms with E-state index in [1.54, 1.807) is 6.08 Å². The molecule has 0 unspecified atom stereocenters. The Hall–Kier alpha value is -1.45. The highest BCUT2D eigenvalue weighted by Gasteiger charge is 2.61. The fourth-order valence-electron chi connectivity index (χ4n) is 6.66. The summed E-state index contributed by atoms with van der Waals surface area (Å²) in [6.07, 6.45) is 7.33. The Morgan fingerprint density at radius 2 is 1.80 bits per heavy atom. The summed E-state index contributed by atoms with van der Waals surface area (Å²) in [5.41, 5.74) is 0.765. The van der Waals surface area contributed by atoms with E-state index in [4.69, 9.17) is 4.74 Å². The Labute approximate surface area is 149 Å². The van der Waals surface area contributed by atoms with Crippen LogP contribution in [0.4, 0.5) is 0 Å². The van der Waals surface area contributed by atoms with Crippen molar-refractivity contribution < 1.29 is 19.1 Å². The molecule has 4 heteroatoms. The molecule has 4 nitrogen and oxygen atoms in total. The molecule has 0 aromatic rings. The van der Waals surface area contributed by atoms with Crippen LogP contribution in [0.3, 0.4) is 0 Å². The Bertz CT molecular complexity index is 677. The molecular formula is C21H28O4. The SMILES string of the molecule is CC(=O)O[C@H]1C[C@@H]2[C@@H]3CCC(=O)[C@]3(C)CC[C@@H]2[C@@]2(C)CCC(=O)C=C12. The van der Waals surface area contributed by atoms with Gasteiger partial charge >= 0.3 is 5.97 Å². The fraction of sp³-hybridized carbons (Fsp3) is 0.762. The van der Waals surface area contributed by atoms with Crippen LogP contribution in [-0.2, 0) is 19.1 Å². The van der Waals surface area contributed by atoms with Crippen LogP contribution in [-0.4, -0.2) is 23.6 Å². The summed E-state index contributed by atoms with van der Waals surface area (Å²) < 4.78 is 5.69. The molecule has 0 aromatic heterocycles. The zero-order chi connectivity index (χ0) is 18.0. The first-order valence-electron chi connectivity index (χ1n) is 9.71. The maximum absolute atomic E-state index is 12.5. The van der Waals surface area contributed by atoms with Gasteiger partial charge in [0, 0.05) is 25.2 Å². The second-order valence-electron chi connectivity index (χ2n) is 9.11. The molecule has 0 bridgehead atoms. The summed E-state index contributed by atoms with van der Waals surface area (Å²) in [6.45, 7) is 5.86. The predicted octanol–water partition coefficient (Wildman–Crippen LogP) is 3.63. The van der Waals surface area contributed by atoms with Gasteiger partial charge in [0.25, 0.3) is 0 Å². The molecule has 0 heterocycles. The summed E-state index contributed by atoms with van der Waals surface area (Å²) in [5, 5.41) is 0. The molecule has 0 saturated heterocycles. The molecule has 0 amide bonds. The number of ether oxygens (including phenoxy) is 1. The molecule has 25 heavy (non-hydrogen) atoms. The van der Waals surface area contributed by atoms with Gasteiger partial charge in [-0.1, -0.05) is 13.8 Å². The lowest BCUT2D eigenvalue weighted by Crippen LogP contribution is -2.54. The average Bonchev–Trinajstić information content (AvgIpc) is 2.84. The van der Waals surface area contributed by atoms with E-state index in [1.165, 1.54) is 6.92 Å². The van der Waals surface area contributed by atoms with Gasteiger partial charge in [0.05, 0.1) is 0 Å². The topological polar surface area (TPSA) is 60.4 Å². The van der Waals surface area contributed by atoms with E-state index in [0.29, 0.717) is 36.4 Å². The highest BCUT2D eigenvalue weighted by atomic mass is 16.5. The first-order valence-corrected chi connectivity index (χ1v) is 9.71. The van der Waals surface area contributed by atoms with Crippen LogP contribution in [0.2, 0.25) is 0 Å². The van der Waals surface area contributed by atoms with Crippen LogP contribution in [0.25, 0.3) is 0 Å².